The van der Waals surface area contributed by atoms with Crippen LogP contribution in [-0.4, -0.2) is 54.6 Å². The molecule has 0 aromatic carbocycles. The Morgan fingerprint density at radius 3 is 2.38 bits per heavy atom. The molecule has 0 unspecified atom stereocenters. The first kappa shape index (κ1) is 20.0. The Morgan fingerprint density at radius 1 is 1.21 bits per heavy atom. The lowest BCUT2D eigenvalue weighted by Gasteiger charge is -2.32. The predicted molar refractivity (Wildman–Crippen MR) is 91.4 cm³/mol. The van der Waals surface area contributed by atoms with Crippen LogP contribution in [0.4, 0.5) is 4.79 Å². The van der Waals surface area contributed by atoms with Crippen molar-refractivity contribution >= 4 is 17.9 Å². The van der Waals surface area contributed by atoms with E-state index in [2.05, 4.69) is 17.2 Å². The first-order valence-corrected chi connectivity index (χ1v) is 8.36. The zero-order valence-electron chi connectivity index (χ0n) is 14.9. The standard InChI is InChI=1S/C17H29N3O4/c1-5-14(21)19-12-13-7-10-20(11-8-13)15(22)6-9-18-16(23)24-17(2,3)4/h5,13H,1,6-12H2,2-4H3,(H,18,23)(H,19,21). The maximum Gasteiger partial charge on any atom is 0.407 e. The summed E-state index contributed by atoms with van der Waals surface area (Å²) in [5, 5.41) is 5.38. The van der Waals surface area contributed by atoms with Crippen molar-refractivity contribution in [3.63, 3.8) is 0 Å². The van der Waals surface area contributed by atoms with E-state index in [-0.39, 0.29) is 24.8 Å². The van der Waals surface area contributed by atoms with Crippen LogP contribution in [0.1, 0.15) is 40.0 Å². The molecule has 24 heavy (non-hydrogen) atoms. The second kappa shape index (κ2) is 9.30. The molecule has 1 fully saturated rings. The number of alkyl carbamates (subject to hydrolysis) is 1. The van der Waals surface area contributed by atoms with Crippen molar-refractivity contribution < 1.29 is 19.1 Å². The molecule has 3 amide bonds. The average molecular weight is 339 g/mol. The summed E-state index contributed by atoms with van der Waals surface area (Å²) in [6, 6.07) is 0. The third-order valence-corrected chi connectivity index (χ3v) is 3.72. The molecule has 1 aliphatic heterocycles. The second-order valence-electron chi connectivity index (χ2n) is 6.95. The van der Waals surface area contributed by atoms with Crippen molar-refractivity contribution in [3.05, 3.63) is 12.7 Å². The Labute approximate surface area is 143 Å². The Bertz CT molecular complexity index is 463. The Balaban J connectivity index is 2.20. The molecular formula is C17H29N3O4. The van der Waals surface area contributed by atoms with E-state index < -0.39 is 11.7 Å². The number of amides is 3. The molecule has 1 saturated heterocycles. The summed E-state index contributed by atoms with van der Waals surface area (Å²) in [5.74, 6) is 0.249. The number of rotatable bonds is 6. The van der Waals surface area contributed by atoms with E-state index in [9.17, 15) is 14.4 Å². The van der Waals surface area contributed by atoms with Gasteiger partial charge in [0.15, 0.2) is 0 Å². The van der Waals surface area contributed by atoms with E-state index in [0.717, 1.165) is 12.8 Å². The lowest BCUT2D eigenvalue weighted by Crippen LogP contribution is -2.42. The van der Waals surface area contributed by atoms with Crippen LogP contribution in [0, 0.1) is 5.92 Å². The quantitative estimate of drug-likeness (QED) is 0.717. The van der Waals surface area contributed by atoms with Crippen LogP contribution in [-0.2, 0) is 14.3 Å². The van der Waals surface area contributed by atoms with Crippen molar-refractivity contribution in [2.45, 2.75) is 45.6 Å². The summed E-state index contributed by atoms with van der Waals surface area (Å²) in [4.78, 5) is 36.6. The number of carbonyl (C=O) groups is 3. The first-order valence-electron chi connectivity index (χ1n) is 8.36. The normalized spacial score (nSPS) is 15.5. The van der Waals surface area contributed by atoms with Crippen LogP contribution < -0.4 is 10.6 Å². The summed E-state index contributed by atoms with van der Waals surface area (Å²) in [5.41, 5.74) is -0.545. The van der Waals surface area contributed by atoms with Gasteiger partial charge in [0.2, 0.25) is 11.8 Å². The highest BCUT2D eigenvalue weighted by Gasteiger charge is 2.23. The highest BCUT2D eigenvalue weighted by atomic mass is 16.6. The SMILES string of the molecule is C=CC(=O)NCC1CCN(C(=O)CCNC(=O)OC(C)(C)C)CC1. The largest absolute Gasteiger partial charge is 0.444 e. The van der Waals surface area contributed by atoms with Crippen LogP contribution in [0.2, 0.25) is 0 Å². The number of piperidine rings is 1. The molecule has 0 aliphatic carbocycles. The van der Waals surface area contributed by atoms with E-state index in [1.54, 1.807) is 20.8 Å². The number of nitrogens with zero attached hydrogens (tertiary/aromatic N) is 1. The maximum atomic E-state index is 12.1. The maximum absolute atomic E-state index is 12.1. The zero-order chi connectivity index (χ0) is 18.2. The summed E-state index contributed by atoms with van der Waals surface area (Å²) in [6.45, 7) is 11.0. The molecule has 0 aromatic rings. The molecular weight excluding hydrogens is 310 g/mol. The van der Waals surface area contributed by atoms with Gasteiger partial charge < -0.3 is 20.3 Å². The lowest BCUT2D eigenvalue weighted by atomic mass is 9.96. The van der Waals surface area contributed by atoms with Gasteiger partial charge in [0.1, 0.15) is 5.60 Å². The van der Waals surface area contributed by atoms with Gasteiger partial charge >= 0.3 is 6.09 Å². The third-order valence-electron chi connectivity index (χ3n) is 3.72. The molecule has 0 atom stereocenters. The number of hydrogen-bond donors (Lipinski definition) is 2. The minimum absolute atomic E-state index is 0.0274. The van der Waals surface area contributed by atoms with E-state index in [1.807, 2.05) is 4.90 Å². The minimum atomic E-state index is -0.545. The van der Waals surface area contributed by atoms with Crippen LogP contribution in [0.25, 0.3) is 0 Å². The number of likely N-dealkylation sites (tertiary alicyclic amines) is 1. The number of hydrogen-bond acceptors (Lipinski definition) is 4. The van der Waals surface area contributed by atoms with Gasteiger partial charge in [0.25, 0.3) is 0 Å². The van der Waals surface area contributed by atoms with Gasteiger partial charge in [-0.3, -0.25) is 9.59 Å². The molecule has 0 aromatic heterocycles. The molecule has 136 valence electrons. The zero-order valence-corrected chi connectivity index (χ0v) is 14.9. The van der Waals surface area contributed by atoms with Crippen molar-refractivity contribution in [2.75, 3.05) is 26.2 Å². The third kappa shape index (κ3) is 7.99. The highest BCUT2D eigenvalue weighted by Crippen LogP contribution is 2.17. The van der Waals surface area contributed by atoms with Crippen LogP contribution in [0.5, 0.6) is 0 Å². The fourth-order valence-corrected chi connectivity index (χ4v) is 2.45. The topological polar surface area (TPSA) is 87.7 Å². The van der Waals surface area contributed by atoms with Crippen LogP contribution >= 0.6 is 0 Å². The first-order chi connectivity index (χ1) is 11.2. The second-order valence-corrected chi connectivity index (χ2v) is 6.95. The average Bonchev–Trinajstić information content (AvgIpc) is 2.51. The monoisotopic (exact) mass is 339 g/mol. The van der Waals surface area contributed by atoms with Gasteiger partial charge in [-0.2, -0.15) is 0 Å². The van der Waals surface area contributed by atoms with Gasteiger partial charge in [-0.1, -0.05) is 6.58 Å². The van der Waals surface area contributed by atoms with Gasteiger partial charge in [-0.05, 0) is 45.6 Å². The van der Waals surface area contributed by atoms with E-state index in [1.165, 1.54) is 6.08 Å². The molecule has 0 spiro atoms. The fourth-order valence-electron chi connectivity index (χ4n) is 2.45. The van der Waals surface area contributed by atoms with E-state index in [4.69, 9.17) is 4.74 Å². The molecule has 1 heterocycles. The summed E-state index contributed by atoms with van der Waals surface area (Å²) >= 11 is 0. The van der Waals surface area contributed by atoms with Crippen LogP contribution in [0.15, 0.2) is 12.7 Å². The number of nitrogens with one attached hydrogen (secondary N) is 2. The fraction of sp³-hybridized carbons (Fsp3) is 0.706. The van der Waals surface area contributed by atoms with Gasteiger partial charge in [0.05, 0.1) is 0 Å². The van der Waals surface area contributed by atoms with E-state index in [0.29, 0.717) is 25.6 Å². The molecule has 7 nitrogen and oxygen atoms in total. The molecule has 7 heteroatoms. The summed E-state index contributed by atoms with van der Waals surface area (Å²) in [6.07, 6.45) is 2.74. The smallest absolute Gasteiger partial charge is 0.407 e. The van der Waals surface area contributed by atoms with E-state index >= 15 is 0 Å². The van der Waals surface area contributed by atoms with Crippen molar-refractivity contribution in [1.29, 1.82) is 0 Å². The molecule has 0 saturated carbocycles. The van der Waals surface area contributed by atoms with Crippen molar-refractivity contribution in [1.82, 2.24) is 15.5 Å². The molecule has 0 radical (unpaired) electrons. The van der Waals surface area contributed by atoms with Crippen molar-refractivity contribution in [3.8, 4) is 0 Å². The van der Waals surface area contributed by atoms with Gasteiger partial charge in [-0.25, -0.2) is 4.79 Å². The van der Waals surface area contributed by atoms with Crippen molar-refractivity contribution in [2.24, 2.45) is 5.92 Å². The number of ether oxygens (including phenoxy) is 1. The lowest BCUT2D eigenvalue weighted by molar-refractivity contribution is -0.132. The summed E-state index contributed by atoms with van der Waals surface area (Å²) in [7, 11) is 0. The molecule has 1 aliphatic rings. The summed E-state index contributed by atoms with van der Waals surface area (Å²) < 4.78 is 5.12. The Hall–Kier alpha value is -2.05. The Morgan fingerprint density at radius 2 is 1.83 bits per heavy atom. The van der Waals surface area contributed by atoms with Gasteiger partial charge in [0, 0.05) is 32.6 Å². The molecule has 0 bridgehead atoms. The van der Waals surface area contributed by atoms with Crippen LogP contribution in [0.3, 0.4) is 0 Å². The number of carbonyl (C=O) groups excluding carboxylic acids is 3. The molecule has 2 N–H and O–H groups in total. The highest BCUT2D eigenvalue weighted by molar-refractivity contribution is 5.86. The Kier molecular flexibility index (Phi) is 7.74. The predicted octanol–water partition coefficient (Wildman–Crippen LogP) is 1.44. The minimum Gasteiger partial charge on any atom is -0.444 e. The van der Waals surface area contributed by atoms with Gasteiger partial charge in [-0.15, -0.1) is 0 Å². The molecule has 1 rings (SSSR count).